The Kier molecular flexibility index (Phi) is 2.46. The molecule has 0 saturated carbocycles. The van der Waals surface area contributed by atoms with Crippen LogP contribution < -0.4 is 5.32 Å². The fraction of sp³-hybridized carbons (Fsp3) is 0.0769. The second-order valence-electron chi connectivity index (χ2n) is 3.80. The van der Waals surface area contributed by atoms with Crippen LogP contribution in [-0.2, 0) is 6.54 Å². The van der Waals surface area contributed by atoms with Crippen molar-refractivity contribution in [2.24, 2.45) is 0 Å². The first kappa shape index (κ1) is 9.84. The molecule has 17 heavy (non-hydrogen) atoms. The lowest BCUT2D eigenvalue weighted by Crippen LogP contribution is -1.98. The van der Waals surface area contributed by atoms with E-state index in [0.29, 0.717) is 0 Å². The van der Waals surface area contributed by atoms with Crippen LogP contribution in [0.15, 0.2) is 49.1 Å². The maximum atomic E-state index is 4.26. The van der Waals surface area contributed by atoms with Crippen molar-refractivity contribution in [2.45, 2.75) is 6.54 Å². The molecule has 0 fully saturated rings. The van der Waals surface area contributed by atoms with E-state index in [1.54, 1.807) is 18.6 Å². The number of hydrogen-bond acceptors (Lipinski definition) is 3. The molecule has 0 aliphatic heterocycles. The first-order valence-electron chi connectivity index (χ1n) is 5.48. The molecule has 0 spiro atoms. The van der Waals surface area contributed by atoms with E-state index >= 15 is 0 Å². The highest BCUT2D eigenvalue weighted by Gasteiger charge is 2.02. The first-order chi connectivity index (χ1) is 8.43. The number of aromatic amines is 1. The zero-order chi connectivity index (χ0) is 11.5. The molecule has 84 valence electrons. The molecule has 0 aliphatic rings. The minimum absolute atomic E-state index is 0.774. The summed E-state index contributed by atoms with van der Waals surface area (Å²) in [5.41, 5.74) is 3.21. The van der Waals surface area contributed by atoms with E-state index in [1.807, 2.05) is 24.4 Å². The van der Waals surface area contributed by atoms with Crippen LogP contribution in [0, 0.1) is 0 Å². The van der Waals surface area contributed by atoms with Crippen LogP contribution in [0.1, 0.15) is 5.56 Å². The van der Waals surface area contributed by atoms with Crippen molar-refractivity contribution < 1.29 is 0 Å². The van der Waals surface area contributed by atoms with Gasteiger partial charge in [0, 0.05) is 42.4 Å². The van der Waals surface area contributed by atoms with Crippen LogP contribution in [0.25, 0.3) is 11.0 Å². The molecule has 0 radical (unpaired) electrons. The summed E-state index contributed by atoms with van der Waals surface area (Å²) >= 11 is 0. The van der Waals surface area contributed by atoms with Gasteiger partial charge in [-0.2, -0.15) is 0 Å². The zero-order valence-electron chi connectivity index (χ0n) is 9.22. The van der Waals surface area contributed by atoms with Gasteiger partial charge in [-0.15, -0.1) is 0 Å². The molecule has 3 aromatic heterocycles. The number of rotatable bonds is 3. The third kappa shape index (κ3) is 1.97. The van der Waals surface area contributed by atoms with Gasteiger partial charge in [0.1, 0.15) is 5.65 Å². The van der Waals surface area contributed by atoms with Gasteiger partial charge in [0.15, 0.2) is 0 Å². The van der Waals surface area contributed by atoms with Crippen LogP contribution in [0.4, 0.5) is 5.69 Å². The lowest BCUT2D eigenvalue weighted by molar-refractivity contribution is 1.15. The van der Waals surface area contributed by atoms with E-state index in [-0.39, 0.29) is 0 Å². The van der Waals surface area contributed by atoms with Crippen LogP contribution in [0.3, 0.4) is 0 Å². The lowest BCUT2D eigenvalue weighted by Gasteiger charge is -2.04. The van der Waals surface area contributed by atoms with E-state index < -0.39 is 0 Å². The Balaban J connectivity index is 1.82. The average molecular weight is 224 g/mol. The Labute approximate surface area is 98.7 Å². The second kappa shape index (κ2) is 4.25. The third-order valence-corrected chi connectivity index (χ3v) is 2.70. The molecule has 0 aromatic carbocycles. The van der Waals surface area contributed by atoms with E-state index in [0.717, 1.165) is 23.3 Å². The van der Waals surface area contributed by atoms with Crippen LogP contribution in [-0.4, -0.2) is 15.0 Å². The lowest BCUT2D eigenvalue weighted by atomic mass is 10.2. The molecule has 4 nitrogen and oxygen atoms in total. The molecule has 0 amide bonds. The average Bonchev–Trinajstić information content (AvgIpc) is 2.81. The number of nitrogens with zero attached hydrogens (tertiary/aromatic N) is 2. The summed E-state index contributed by atoms with van der Waals surface area (Å²) < 4.78 is 0. The Morgan fingerprint density at radius 1 is 1.12 bits per heavy atom. The maximum absolute atomic E-state index is 4.26. The van der Waals surface area contributed by atoms with E-state index in [1.165, 1.54) is 5.56 Å². The van der Waals surface area contributed by atoms with Crippen molar-refractivity contribution in [3.05, 3.63) is 54.6 Å². The smallest absolute Gasteiger partial charge is 0.137 e. The number of aromatic nitrogens is 3. The number of pyridine rings is 2. The summed E-state index contributed by atoms with van der Waals surface area (Å²) in [6.07, 6.45) is 7.34. The van der Waals surface area contributed by atoms with E-state index in [9.17, 15) is 0 Å². The molecule has 3 heterocycles. The second-order valence-corrected chi connectivity index (χ2v) is 3.80. The molecule has 3 aromatic rings. The van der Waals surface area contributed by atoms with Crippen molar-refractivity contribution in [3.63, 3.8) is 0 Å². The van der Waals surface area contributed by atoms with Crippen LogP contribution in [0.2, 0.25) is 0 Å². The maximum Gasteiger partial charge on any atom is 0.137 e. The quantitative estimate of drug-likeness (QED) is 0.719. The Morgan fingerprint density at radius 3 is 2.88 bits per heavy atom. The fourth-order valence-electron chi connectivity index (χ4n) is 1.83. The van der Waals surface area contributed by atoms with Gasteiger partial charge in [0.25, 0.3) is 0 Å². The molecule has 0 aliphatic carbocycles. The molecule has 3 rings (SSSR count). The normalized spacial score (nSPS) is 10.6. The summed E-state index contributed by atoms with van der Waals surface area (Å²) in [5, 5.41) is 4.51. The van der Waals surface area contributed by atoms with Crippen molar-refractivity contribution >= 4 is 16.7 Å². The highest BCUT2D eigenvalue weighted by Crippen LogP contribution is 2.16. The molecule has 0 bridgehead atoms. The number of anilines is 1. The topological polar surface area (TPSA) is 53.6 Å². The molecule has 0 atom stereocenters. The Morgan fingerprint density at radius 2 is 2.00 bits per heavy atom. The van der Waals surface area contributed by atoms with Gasteiger partial charge in [-0.05, 0) is 29.8 Å². The minimum atomic E-state index is 0.774. The van der Waals surface area contributed by atoms with Gasteiger partial charge < -0.3 is 10.3 Å². The summed E-state index contributed by atoms with van der Waals surface area (Å²) in [6, 6.07) is 7.93. The number of H-pyrrole nitrogens is 1. The predicted molar refractivity (Wildman–Crippen MR) is 67.7 cm³/mol. The van der Waals surface area contributed by atoms with Crippen molar-refractivity contribution in [1.29, 1.82) is 0 Å². The van der Waals surface area contributed by atoms with Gasteiger partial charge in [-0.25, -0.2) is 4.98 Å². The minimum Gasteiger partial charge on any atom is -0.381 e. The van der Waals surface area contributed by atoms with Gasteiger partial charge in [0.05, 0.1) is 0 Å². The number of fused-ring (bicyclic) bond motifs is 1. The van der Waals surface area contributed by atoms with E-state index in [2.05, 4.69) is 26.3 Å². The molecular weight excluding hydrogens is 212 g/mol. The SMILES string of the molecule is c1cnc2[nH]cc(CNc3ccncc3)c2c1. The van der Waals surface area contributed by atoms with Crippen molar-refractivity contribution in [3.8, 4) is 0 Å². The molecule has 2 N–H and O–H groups in total. The molecule has 0 saturated heterocycles. The predicted octanol–water partition coefficient (Wildman–Crippen LogP) is 2.57. The Bertz CT molecular complexity index is 615. The third-order valence-electron chi connectivity index (χ3n) is 2.70. The first-order valence-corrected chi connectivity index (χ1v) is 5.48. The zero-order valence-corrected chi connectivity index (χ0v) is 9.22. The number of hydrogen-bond donors (Lipinski definition) is 2. The summed E-state index contributed by atoms with van der Waals surface area (Å²) in [4.78, 5) is 11.4. The standard InChI is InChI=1S/C13H12N4/c1-2-12-10(9-17-13(12)15-5-1)8-16-11-3-6-14-7-4-11/h1-7,9H,8H2,(H,14,16)(H,15,17). The fourth-order valence-corrected chi connectivity index (χ4v) is 1.83. The van der Waals surface area contributed by atoms with Crippen LogP contribution in [0.5, 0.6) is 0 Å². The highest BCUT2D eigenvalue weighted by molar-refractivity contribution is 5.79. The van der Waals surface area contributed by atoms with Crippen molar-refractivity contribution in [2.75, 3.05) is 5.32 Å². The number of nitrogens with one attached hydrogen (secondary N) is 2. The van der Waals surface area contributed by atoms with E-state index in [4.69, 9.17) is 0 Å². The van der Waals surface area contributed by atoms with Gasteiger partial charge >= 0.3 is 0 Å². The molecule has 4 heteroatoms. The summed E-state index contributed by atoms with van der Waals surface area (Å²) in [6.45, 7) is 0.774. The highest BCUT2D eigenvalue weighted by atomic mass is 14.9. The monoisotopic (exact) mass is 224 g/mol. The Hall–Kier alpha value is -2.36. The van der Waals surface area contributed by atoms with Crippen LogP contribution >= 0.6 is 0 Å². The summed E-state index contributed by atoms with van der Waals surface area (Å²) in [7, 11) is 0. The molecular formula is C13H12N4. The summed E-state index contributed by atoms with van der Waals surface area (Å²) in [5.74, 6) is 0. The molecule has 0 unspecified atom stereocenters. The van der Waals surface area contributed by atoms with Crippen molar-refractivity contribution in [1.82, 2.24) is 15.0 Å². The van der Waals surface area contributed by atoms with Gasteiger partial charge in [-0.1, -0.05) is 0 Å². The largest absolute Gasteiger partial charge is 0.381 e. The van der Waals surface area contributed by atoms with Gasteiger partial charge in [0.2, 0.25) is 0 Å². The van der Waals surface area contributed by atoms with Gasteiger partial charge in [-0.3, -0.25) is 4.98 Å².